The van der Waals surface area contributed by atoms with Crippen molar-refractivity contribution in [2.24, 2.45) is 0 Å². The maximum absolute atomic E-state index is 11.4. The molecular weight excluding hydrogens is 408 g/mol. The lowest BCUT2D eigenvalue weighted by Crippen LogP contribution is -2.36. The van der Waals surface area contributed by atoms with Crippen molar-refractivity contribution in [1.82, 2.24) is 15.0 Å². The zero-order chi connectivity index (χ0) is 22.3. The van der Waals surface area contributed by atoms with Gasteiger partial charge in [0.1, 0.15) is 18.2 Å². The lowest BCUT2D eigenvalue weighted by Gasteiger charge is -2.28. The Morgan fingerprint density at radius 2 is 1.91 bits per heavy atom. The lowest BCUT2D eigenvalue weighted by atomic mass is 10.1. The third-order valence-electron chi connectivity index (χ3n) is 4.89. The van der Waals surface area contributed by atoms with Gasteiger partial charge in [0.15, 0.2) is 0 Å². The van der Waals surface area contributed by atoms with Gasteiger partial charge in [0, 0.05) is 36.7 Å². The number of carbonyl (C=O) groups is 1. The predicted octanol–water partition coefficient (Wildman–Crippen LogP) is 2.66. The minimum Gasteiger partial charge on any atom is -0.489 e. The molecule has 3 N–H and O–H groups in total. The first-order valence-corrected chi connectivity index (χ1v) is 10.2. The number of pyridine rings is 1. The maximum Gasteiger partial charge on any atom is 0.247 e. The van der Waals surface area contributed by atoms with Crippen LogP contribution in [0.25, 0.3) is 11.3 Å². The van der Waals surface area contributed by atoms with E-state index >= 15 is 0 Å². The smallest absolute Gasteiger partial charge is 0.247 e. The zero-order valence-electron chi connectivity index (χ0n) is 17.5. The number of nitrogens with two attached hydrogens (primary N) is 1. The summed E-state index contributed by atoms with van der Waals surface area (Å²) in [5, 5.41) is 2.71. The van der Waals surface area contributed by atoms with Gasteiger partial charge in [-0.25, -0.2) is 15.0 Å². The van der Waals surface area contributed by atoms with Crippen molar-refractivity contribution in [3.8, 4) is 17.0 Å². The number of hydrogen-bond donors (Lipinski definition) is 2. The highest BCUT2D eigenvalue weighted by Gasteiger charge is 2.15. The van der Waals surface area contributed by atoms with Gasteiger partial charge in [-0.2, -0.15) is 0 Å². The standard InChI is InChI=1S/C23H24N6O3/c1-2-22(30)27-18-3-5-19(6-4-18)32-15-16-11-20(17-13-25-23(24)26-14-17)28-21(12-16)29-7-9-31-10-8-29/h2-6,11-14H,1,7-10,15H2,(H,27,30)(H2,24,25,26). The molecule has 1 amide bonds. The third kappa shape index (κ3) is 5.38. The van der Waals surface area contributed by atoms with Crippen LogP contribution in [0.1, 0.15) is 5.56 Å². The number of aromatic nitrogens is 3. The molecule has 0 bridgehead atoms. The van der Waals surface area contributed by atoms with E-state index in [4.69, 9.17) is 20.2 Å². The van der Waals surface area contributed by atoms with E-state index in [0.717, 1.165) is 35.7 Å². The molecule has 9 nitrogen and oxygen atoms in total. The van der Waals surface area contributed by atoms with Crippen LogP contribution in [-0.4, -0.2) is 47.2 Å². The van der Waals surface area contributed by atoms with Gasteiger partial charge in [0.2, 0.25) is 11.9 Å². The van der Waals surface area contributed by atoms with Crippen molar-refractivity contribution in [3.05, 3.63) is 67.0 Å². The molecule has 1 aliphatic heterocycles. The molecule has 1 aliphatic rings. The lowest BCUT2D eigenvalue weighted by molar-refractivity contribution is -0.111. The second-order valence-electron chi connectivity index (χ2n) is 7.15. The highest BCUT2D eigenvalue weighted by atomic mass is 16.5. The number of nitrogen functional groups attached to an aromatic ring is 1. The molecule has 32 heavy (non-hydrogen) atoms. The summed E-state index contributed by atoms with van der Waals surface area (Å²) in [5.74, 6) is 1.49. The molecule has 1 aromatic carbocycles. The van der Waals surface area contributed by atoms with Crippen molar-refractivity contribution in [1.29, 1.82) is 0 Å². The first-order valence-electron chi connectivity index (χ1n) is 10.2. The Balaban J connectivity index is 1.54. The topological polar surface area (TPSA) is 115 Å². The van der Waals surface area contributed by atoms with Crippen molar-refractivity contribution < 1.29 is 14.3 Å². The number of amides is 1. The van der Waals surface area contributed by atoms with Crippen LogP contribution >= 0.6 is 0 Å². The van der Waals surface area contributed by atoms with Crippen molar-refractivity contribution in [2.75, 3.05) is 42.3 Å². The third-order valence-corrected chi connectivity index (χ3v) is 4.89. The van der Waals surface area contributed by atoms with Gasteiger partial charge < -0.3 is 25.4 Å². The number of nitrogens with one attached hydrogen (secondary N) is 1. The van der Waals surface area contributed by atoms with E-state index in [0.29, 0.717) is 31.3 Å². The monoisotopic (exact) mass is 432 g/mol. The van der Waals surface area contributed by atoms with E-state index in [1.54, 1.807) is 36.7 Å². The van der Waals surface area contributed by atoms with Gasteiger partial charge in [0.05, 0.1) is 18.9 Å². The molecule has 4 rings (SSSR count). The molecule has 164 valence electrons. The van der Waals surface area contributed by atoms with E-state index in [1.165, 1.54) is 6.08 Å². The number of hydrogen-bond acceptors (Lipinski definition) is 8. The average molecular weight is 432 g/mol. The number of benzene rings is 1. The van der Waals surface area contributed by atoms with Crippen molar-refractivity contribution >= 4 is 23.4 Å². The average Bonchev–Trinajstić information content (AvgIpc) is 2.84. The predicted molar refractivity (Wildman–Crippen MR) is 122 cm³/mol. The van der Waals surface area contributed by atoms with Crippen LogP contribution < -0.4 is 20.7 Å². The Morgan fingerprint density at radius 1 is 1.19 bits per heavy atom. The first kappa shape index (κ1) is 21.3. The normalized spacial score (nSPS) is 13.4. The van der Waals surface area contributed by atoms with Crippen molar-refractivity contribution in [3.63, 3.8) is 0 Å². The molecule has 9 heteroatoms. The summed E-state index contributed by atoms with van der Waals surface area (Å²) in [6, 6.07) is 11.1. The van der Waals surface area contributed by atoms with E-state index in [2.05, 4.69) is 26.8 Å². The van der Waals surface area contributed by atoms with Crippen LogP contribution in [0.4, 0.5) is 17.5 Å². The van der Waals surface area contributed by atoms with Gasteiger partial charge in [-0.05, 0) is 48.0 Å². The maximum atomic E-state index is 11.4. The summed E-state index contributed by atoms with van der Waals surface area (Å²) in [6.45, 7) is 6.66. The van der Waals surface area contributed by atoms with Gasteiger partial charge in [-0.1, -0.05) is 6.58 Å². The Morgan fingerprint density at radius 3 is 2.59 bits per heavy atom. The summed E-state index contributed by atoms with van der Waals surface area (Å²) in [4.78, 5) is 26.6. The van der Waals surface area contributed by atoms with Gasteiger partial charge >= 0.3 is 0 Å². The van der Waals surface area contributed by atoms with Crippen LogP contribution in [0.15, 0.2) is 61.4 Å². The van der Waals surface area contributed by atoms with Gasteiger partial charge in [0.25, 0.3) is 0 Å². The van der Waals surface area contributed by atoms with Gasteiger partial charge in [-0.3, -0.25) is 4.79 Å². The quantitative estimate of drug-likeness (QED) is 0.548. The highest BCUT2D eigenvalue weighted by molar-refractivity contribution is 5.98. The SMILES string of the molecule is C=CC(=O)Nc1ccc(OCc2cc(-c3cnc(N)nc3)nc(N3CCOCC3)c2)cc1. The fourth-order valence-electron chi connectivity index (χ4n) is 3.22. The fraction of sp³-hybridized carbons (Fsp3) is 0.217. The van der Waals surface area contributed by atoms with Crippen LogP contribution in [0.5, 0.6) is 5.75 Å². The number of rotatable bonds is 7. The fourth-order valence-corrected chi connectivity index (χ4v) is 3.22. The number of nitrogens with zero attached hydrogens (tertiary/aromatic N) is 4. The Kier molecular flexibility index (Phi) is 6.57. The Labute approximate surface area is 185 Å². The van der Waals surface area contributed by atoms with Crippen LogP contribution in [-0.2, 0) is 16.1 Å². The largest absolute Gasteiger partial charge is 0.489 e. The summed E-state index contributed by atoms with van der Waals surface area (Å²) < 4.78 is 11.4. The first-order chi connectivity index (χ1) is 15.6. The molecule has 0 radical (unpaired) electrons. The molecule has 2 aromatic heterocycles. The second kappa shape index (κ2) is 9.88. The molecule has 1 fully saturated rings. The molecular formula is C23H24N6O3. The van der Waals surface area contributed by atoms with Crippen molar-refractivity contribution in [2.45, 2.75) is 6.61 Å². The Bertz CT molecular complexity index is 1080. The summed E-state index contributed by atoms with van der Waals surface area (Å²) in [7, 11) is 0. The van der Waals surface area contributed by atoms with Crippen LogP contribution in [0.3, 0.4) is 0 Å². The molecule has 3 heterocycles. The zero-order valence-corrected chi connectivity index (χ0v) is 17.5. The summed E-state index contributed by atoms with van der Waals surface area (Å²) in [5.41, 5.74) is 8.78. The second-order valence-corrected chi connectivity index (χ2v) is 7.15. The number of morpholine rings is 1. The summed E-state index contributed by atoms with van der Waals surface area (Å²) in [6.07, 6.45) is 4.55. The minimum atomic E-state index is -0.259. The molecule has 1 saturated heterocycles. The summed E-state index contributed by atoms with van der Waals surface area (Å²) >= 11 is 0. The van der Waals surface area contributed by atoms with E-state index < -0.39 is 0 Å². The molecule has 0 saturated carbocycles. The van der Waals surface area contributed by atoms with Crippen LogP contribution in [0.2, 0.25) is 0 Å². The van der Waals surface area contributed by atoms with E-state index in [1.807, 2.05) is 12.1 Å². The minimum absolute atomic E-state index is 0.217. The number of ether oxygens (including phenoxy) is 2. The molecule has 0 atom stereocenters. The molecule has 0 aliphatic carbocycles. The molecule has 3 aromatic rings. The Hall–Kier alpha value is -3.98. The highest BCUT2D eigenvalue weighted by Crippen LogP contribution is 2.25. The molecule has 0 spiro atoms. The molecule has 0 unspecified atom stereocenters. The van der Waals surface area contributed by atoms with Gasteiger partial charge in [-0.15, -0.1) is 0 Å². The number of carbonyl (C=O) groups excluding carboxylic acids is 1. The van der Waals surface area contributed by atoms with Crippen LogP contribution in [0, 0.1) is 0 Å². The number of anilines is 3. The van der Waals surface area contributed by atoms with E-state index in [-0.39, 0.29) is 11.9 Å². The van der Waals surface area contributed by atoms with E-state index in [9.17, 15) is 4.79 Å².